The third-order valence-electron chi connectivity index (χ3n) is 2.58. The maximum absolute atomic E-state index is 11.3. The van der Waals surface area contributed by atoms with Crippen LogP contribution >= 0.6 is 0 Å². The number of rotatable bonds is 0. The van der Waals surface area contributed by atoms with Crippen molar-refractivity contribution in [2.24, 2.45) is 11.8 Å². The van der Waals surface area contributed by atoms with E-state index in [1.165, 1.54) is 0 Å². The lowest BCUT2D eigenvalue weighted by Crippen LogP contribution is -2.22. The summed E-state index contributed by atoms with van der Waals surface area (Å²) < 4.78 is 0. The Hall–Kier alpha value is -1.38. The van der Waals surface area contributed by atoms with Crippen molar-refractivity contribution >= 4 is 11.8 Å². The monoisotopic (exact) mass is 177 g/mol. The van der Waals surface area contributed by atoms with Crippen molar-refractivity contribution in [3.8, 4) is 0 Å². The lowest BCUT2D eigenvalue weighted by Gasteiger charge is -2.18. The number of allylic oxidation sites excluding steroid dienone is 2. The SMILES string of the molecule is CC1=C[C@@H]2C(=O)NC(=O)[C@@H]2C(C)=C1. The van der Waals surface area contributed by atoms with Crippen LogP contribution in [0.3, 0.4) is 0 Å². The van der Waals surface area contributed by atoms with Crippen LogP contribution in [0.15, 0.2) is 23.3 Å². The summed E-state index contributed by atoms with van der Waals surface area (Å²) in [5.41, 5.74) is 2.04. The van der Waals surface area contributed by atoms with Crippen LogP contribution in [0, 0.1) is 11.8 Å². The van der Waals surface area contributed by atoms with Gasteiger partial charge in [0.25, 0.3) is 0 Å². The number of nitrogens with one attached hydrogen (secondary N) is 1. The number of imide groups is 1. The van der Waals surface area contributed by atoms with Crippen LogP contribution < -0.4 is 5.32 Å². The van der Waals surface area contributed by atoms with Gasteiger partial charge in [-0.3, -0.25) is 14.9 Å². The van der Waals surface area contributed by atoms with E-state index in [-0.39, 0.29) is 23.7 Å². The zero-order chi connectivity index (χ0) is 9.59. The average Bonchev–Trinajstić information content (AvgIpc) is 2.27. The molecule has 0 bridgehead atoms. The minimum Gasteiger partial charge on any atom is -0.295 e. The van der Waals surface area contributed by atoms with Crippen LogP contribution in [-0.4, -0.2) is 11.8 Å². The molecule has 1 saturated heterocycles. The van der Waals surface area contributed by atoms with E-state index in [4.69, 9.17) is 0 Å². The third kappa shape index (κ3) is 1.11. The van der Waals surface area contributed by atoms with Gasteiger partial charge in [0.15, 0.2) is 0 Å². The summed E-state index contributed by atoms with van der Waals surface area (Å²) in [5.74, 6) is -0.844. The Labute approximate surface area is 76.5 Å². The molecule has 3 heteroatoms. The highest BCUT2D eigenvalue weighted by Gasteiger charge is 2.42. The molecule has 0 radical (unpaired) electrons. The van der Waals surface area contributed by atoms with Gasteiger partial charge in [-0.2, -0.15) is 0 Å². The van der Waals surface area contributed by atoms with E-state index in [1.807, 2.05) is 26.0 Å². The van der Waals surface area contributed by atoms with Gasteiger partial charge in [0.1, 0.15) is 0 Å². The van der Waals surface area contributed by atoms with Gasteiger partial charge in [-0.1, -0.05) is 23.3 Å². The summed E-state index contributed by atoms with van der Waals surface area (Å²) in [6.45, 7) is 3.84. The highest BCUT2D eigenvalue weighted by Crippen LogP contribution is 2.32. The summed E-state index contributed by atoms with van der Waals surface area (Å²) in [6.07, 6.45) is 3.82. The molecule has 1 fully saturated rings. The molecule has 2 aliphatic rings. The fourth-order valence-electron chi connectivity index (χ4n) is 2.04. The zero-order valence-corrected chi connectivity index (χ0v) is 7.63. The third-order valence-corrected chi connectivity index (χ3v) is 2.58. The number of hydrogen-bond acceptors (Lipinski definition) is 2. The molecule has 1 N–H and O–H groups in total. The van der Waals surface area contributed by atoms with Crippen LogP contribution in [0.25, 0.3) is 0 Å². The highest BCUT2D eigenvalue weighted by atomic mass is 16.2. The first-order valence-electron chi connectivity index (χ1n) is 4.31. The topological polar surface area (TPSA) is 46.2 Å². The van der Waals surface area contributed by atoms with Crippen LogP contribution in [0.2, 0.25) is 0 Å². The molecule has 1 heterocycles. The van der Waals surface area contributed by atoms with Gasteiger partial charge in [-0.15, -0.1) is 0 Å². The Morgan fingerprint density at radius 1 is 1.23 bits per heavy atom. The maximum atomic E-state index is 11.3. The average molecular weight is 177 g/mol. The van der Waals surface area contributed by atoms with Gasteiger partial charge in [0, 0.05) is 0 Å². The zero-order valence-electron chi connectivity index (χ0n) is 7.63. The van der Waals surface area contributed by atoms with Crippen molar-refractivity contribution in [1.29, 1.82) is 0 Å². The second-order valence-corrected chi connectivity index (χ2v) is 3.66. The van der Waals surface area contributed by atoms with Gasteiger partial charge in [0.2, 0.25) is 11.8 Å². The molecule has 0 unspecified atom stereocenters. The van der Waals surface area contributed by atoms with Crippen LogP contribution in [0.1, 0.15) is 13.8 Å². The van der Waals surface area contributed by atoms with E-state index in [0.29, 0.717) is 0 Å². The van der Waals surface area contributed by atoms with Gasteiger partial charge in [0.05, 0.1) is 11.8 Å². The molecule has 1 aliphatic carbocycles. The molecule has 0 aromatic rings. The number of carbonyl (C=O) groups excluding carboxylic acids is 2. The molecule has 13 heavy (non-hydrogen) atoms. The van der Waals surface area contributed by atoms with E-state index in [1.54, 1.807) is 0 Å². The molecule has 2 amide bonds. The second-order valence-electron chi connectivity index (χ2n) is 3.66. The predicted octanol–water partition coefficient (Wildman–Crippen LogP) is 0.781. The molecule has 0 aromatic carbocycles. The van der Waals surface area contributed by atoms with Gasteiger partial charge >= 0.3 is 0 Å². The quantitative estimate of drug-likeness (QED) is 0.556. The Bertz CT molecular complexity index is 352. The summed E-state index contributed by atoms with van der Waals surface area (Å²) in [7, 11) is 0. The van der Waals surface area contributed by atoms with Crippen molar-refractivity contribution in [2.45, 2.75) is 13.8 Å². The molecular weight excluding hydrogens is 166 g/mol. The minimum absolute atomic E-state index is 0.160. The first-order valence-corrected chi connectivity index (χ1v) is 4.31. The Kier molecular flexibility index (Phi) is 1.62. The fourth-order valence-corrected chi connectivity index (χ4v) is 2.04. The summed E-state index contributed by atoms with van der Waals surface area (Å²) in [6, 6.07) is 0. The van der Waals surface area contributed by atoms with E-state index >= 15 is 0 Å². The smallest absolute Gasteiger partial charge is 0.234 e. The molecule has 0 spiro atoms. The number of hydrogen-bond donors (Lipinski definition) is 1. The standard InChI is InChI=1S/C10H11NO2/c1-5-3-6(2)8-7(4-5)9(12)11-10(8)13/h3-4,7-8H,1-2H3,(H,11,12,13)/t7-,8+/m0/s1. The van der Waals surface area contributed by atoms with Crippen LogP contribution in [0.5, 0.6) is 0 Å². The largest absolute Gasteiger partial charge is 0.295 e. The van der Waals surface area contributed by atoms with Crippen molar-refractivity contribution < 1.29 is 9.59 Å². The molecule has 0 aromatic heterocycles. The van der Waals surface area contributed by atoms with E-state index in [9.17, 15) is 9.59 Å². The van der Waals surface area contributed by atoms with E-state index < -0.39 is 0 Å². The maximum Gasteiger partial charge on any atom is 0.234 e. The number of amides is 2. The lowest BCUT2D eigenvalue weighted by atomic mass is 9.82. The first kappa shape index (κ1) is 8.23. The lowest BCUT2D eigenvalue weighted by molar-refractivity contribution is -0.125. The van der Waals surface area contributed by atoms with Crippen LogP contribution in [-0.2, 0) is 9.59 Å². The Balaban J connectivity index is 2.44. The molecule has 68 valence electrons. The Morgan fingerprint density at radius 2 is 1.92 bits per heavy atom. The summed E-state index contributed by atoms with van der Waals surface area (Å²) in [5, 5.41) is 2.35. The predicted molar refractivity (Wildman–Crippen MR) is 47.6 cm³/mol. The molecule has 2 atom stereocenters. The van der Waals surface area contributed by atoms with Crippen molar-refractivity contribution in [3.05, 3.63) is 23.3 Å². The molecular formula is C10H11NO2. The van der Waals surface area contributed by atoms with Crippen molar-refractivity contribution in [2.75, 3.05) is 0 Å². The normalized spacial score (nSPS) is 32.2. The van der Waals surface area contributed by atoms with Gasteiger partial charge in [-0.25, -0.2) is 0 Å². The fraction of sp³-hybridized carbons (Fsp3) is 0.400. The highest BCUT2D eigenvalue weighted by molar-refractivity contribution is 6.07. The van der Waals surface area contributed by atoms with Gasteiger partial charge in [-0.05, 0) is 13.8 Å². The second kappa shape index (κ2) is 2.55. The molecule has 3 nitrogen and oxygen atoms in total. The Morgan fingerprint density at radius 3 is 2.62 bits per heavy atom. The van der Waals surface area contributed by atoms with Gasteiger partial charge < -0.3 is 0 Å². The number of carbonyl (C=O) groups is 2. The van der Waals surface area contributed by atoms with E-state index in [2.05, 4.69) is 5.32 Å². The van der Waals surface area contributed by atoms with E-state index in [0.717, 1.165) is 11.1 Å². The molecule has 0 saturated carbocycles. The summed E-state index contributed by atoms with van der Waals surface area (Å²) >= 11 is 0. The van der Waals surface area contributed by atoms with Crippen LogP contribution in [0.4, 0.5) is 0 Å². The molecule has 1 aliphatic heterocycles. The minimum atomic E-state index is -0.266. The van der Waals surface area contributed by atoms with Crippen molar-refractivity contribution in [3.63, 3.8) is 0 Å². The first-order chi connectivity index (χ1) is 6.09. The molecule has 2 rings (SSSR count). The summed E-state index contributed by atoms with van der Waals surface area (Å²) in [4.78, 5) is 22.6. The van der Waals surface area contributed by atoms with Crippen molar-refractivity contribution in [1.82, 2.24) is 5.32 Å². The number of fused-ring (bicyclic) bond motifs is 1.